The number of benzene rings is 3. The SMILES string of the molecule is CCOc1ccc2nc(N(Cc3ccccc3)C(=O)CCCS(=O)(=O)c3ccc(F)cc3)sc2c1. The van der Waals surface area contributed by atoms with Crippen molar-refractivity contribution in [1.82, 2.24) is 4.98 Å². The zero-order valence-electron chi connectivity index (χ0n) is 19.2. The lowest BCUT2D eigenvalue weighted by atomic mass is 10.2. The molecule has 9 heteroatoms. The van der Waals surface area contributed by atoms with Gasteiger partial charge in [0.1, 0.15) is 11.6 Å². The predicted molar refractivity (Wildman–Crippen MR) is 136 cm³/mol. The second-order valence-corrected chi connectivity index (χ2v) is 11.0. The van der Waals surface area contributed by atoms with Crippen molar-refractivity contribution in [2.45, 2.75) is 31.2 Å². The Morgan fingerprint density at radius 2 is 1.80 bits per heavy atom. The number of thiazole rings is 1. The molecule has 0 aliphatic carbocycles. The summed E-state index contributed by atoms with van der Waals surface area (Å²) in [6, 6.07) is 19.9. The topological polar surface area (TPSA) is 76.6 Å². The van der Waals surface area contributed by atoms with Gasteiger partial charge in [-0.05, 0) is 61.4 Å². The van der Waals surface area contributed by atoms with Crippen molar-refractivity contribution in [3.63, 3.8) is 0 Å². The Morgan fingerprint density at radius 1 is 1.06 bits per heavy atom. The maximum atomic E-state index is 13.3. The lowest BCUT2D eigenvalue weighted by Gasteiger charge is -2.20. The van der Waals surface area contributed by atoms with Crippen molar-refractivity contribution in [3.05, 3.63) is 84.2 Å². The predicted octanol–water partition coefficient (Wildman–Crippen LogP) is 5.62. The molecule has 0 aliphatic heterocycles. The summed E-state index contributed by atoms with van der Waals surface area (Å²) < 4.78 is 44.8. The Kier molecular flexibility index (Phi) is 7.77. The fraction of sp³-hybridized carbons (Fsp3) is 0.231. The van der Waals surface area contributed by atoms with E-state index in [1.165, 1.54) is 23.5 Å². The number of anilines is 1. The van der Waals surface area contributed by atoms with Gasteiger partial charge in [-0.2, -0.15) is 0 Å². The first-order valence-corrected chi connectivity index (χ1v) is 13.7. The van der Waals surface area contributed by atoms with Crippen LogP contribution in [0.1, 0.15) is 25.3 Å². The molecule has 0 unspecified atom stereocenters. The molecule has 3 aromatic carbocycles. The lowest BCUT2D eigenvalue weighted by Crippen LogP contribution is -2.30. The molecule has 1 heterocycles. The van der Waals surface area contributed by atoms with Gasteiger partial charge in [-0.25, -0.2) is 17.8 Å². The molecular formula is C26H25FN2O4S2. The third-order valence-electron chi connectivity index (χ3n) is 5.35. The van der Waals surface area contributed by atoms with Crippen LogP contribution in [0, 0.1) is 5.82 Å². The summed E-state index contributed by atoms with van der Waals surface area (Å²) >= 11 is 1.39. The fourth-order valence-corrected chi connectivity index (χ4v) is 5.92. The van der Waals surface area contributed by atoms with Crippen LogP contribution in [0.25, 0.3) is 10.2 Å². The van der Waals surface area contributed by atoms with Crippen molar-refractivity contribution in [1.29, 1.82) is 0 Å². The van der Waals surface area contributed by atoms with E-state index in [2.05, 4.69) is 4.98 Å². The summed E-state index contributed by atoms with van der Waals surface area (Å²) in [4.78, 5) is 19.6. The molecule has 0 saturated carbocycles. The monoisotopic (exact) mass is 512 g/mol. The van der Waals surface area contributed by atoms with Crippen LogP contribution in [0.3, 0.4) is 0 Å². The number of nitrogens with zero attached hydrogens (tertiary/aromatic N) is 2. The number of aromatic nitrogens is 1. The number of rotatable bonds is 10. The molecule has 1 aromatic heterocycles. The first-order valence-electron chi connectivity index (χ1n) is 11.2. The second-order valence-electron chi connectivity index (χ2n) is 7.90. The summed E-state index contributed by atoms with van der Waals surface area (Å²) in [5.41, 5.74) is 1.70. The number of amides is 1. The van der Waals surface area contributed by atoms with E-state index in [0.717, 1.165) is 33.7 Å². The quantitative estimate of drug-likeness (QED) is 0.258. The molecule has 6 nitrogen and oxygen atoms in total. The number of halogens is 1. The van der Waals surface area contributed by atoms with Crippen LogP contribution in [0.15, 0.2) is 77.7 Å². The van der Waals surface area contributed by atoms with E-state index in [9.17, 15) is 17.6 Å². The van der Waals surface area contributed by atoms with Gasteiger partial charge in [-0.15, -0.1) is 0 Å². The maximum Gasteiger partial charge on any atom is 0.229 e. The summed E-state index contributed by atoms with van der Waals surface area (Å²) in [7, 11) is -3.62. The van der Waals surface area contributed by atoms with Crippen LogP contribution >= 0.6 is 11.3 Å². The van der Waals surface area contributed by atoms with E-state index in [4.69, 9.17) is 4.74 Å². The molecule has 0 radical (unpaired) electrons. The second kappa shape index (κ2) is 11.0. The van der Waals surface area contributed by atoms with E-state index in [0.29, 0.717) is 18.3 Å². The van der Waals surface area contributed by atoms with Gasteiger partial charge in [-0.3, -0.25) is 9.69 Å². The number of sulfone groups is 1. The third kappa shape index (κ3) is 6.23. The minimum absolute atomic E-state index is 0.0351. The summed E-state index contributed by atoms with van der Waals surface area (Å²) in [6.07, 6.45) is 0.177. The highest BCUT2D eigenvalue weighted by Crippen LogP contribution is 2.33. The smallest absolute Gasteiger partial charge is 0.229 e. The highest BCUT2D eigenvalue weighted by molar-refractivity contribution is 7.91. The van der Waals surface area contributed by atoms with E-state index >= 15 is 0 Å². The van der Waals surface area contributed by atoms with E-state index in [-0.39, 0.29) is 29.4 Å². The first-order chi connectivity index (χ1) is 16.9. The van der Waals surface area contributed by atoms with E-state index < -0.39 is 15.7 Å². The molecule has 0 saturated heterocycles. The number of hydrogen-bond acceptors (Lipinski definition) is 6. The molecule has 35 heavy (non-hydrogen) atoms. The Balaban J connectivity index is 1.53. The van der Waals surface area contributed by atoms with Gasteiger partial charge in [0, 0.05) is 6.42 Å². The van der Waals surface area contributed by atoms with E-state index in [1.807, 2.05) is 55.5 Å². The minimum atomic E-state index is -3.62. The van der Waals surface area contributed by atoms with Crippen molar-refractivity contribution < 1.29 is 22.3 Å². The molecule has 4 aromatic rings. The molecular weight excluding hydrogens is 487 g/mol. The third-order valence-corrected chi connectivity index (χ3v) is 8.21. The number of ether oxygens (including phenoxy) is 1. The van der Waals surface area contributed by atoms with Crippen LogP contribution in [0.2, 0.25) is 0 Å². The van der Waals surface area contributed by atoms with Crippen LogP contribution in [0.4, 0.5) is 9.52 Å². The Labute approximate surface area is 207 Å². The van der Waals surface area contributed by atoms with Gasteiger partial charge in [0.2, 0.25) is 5.91 Å². The number of carbonyl (C=O) groups excluding carboxylic acids is 1. The molecule has 0 atom stereocenters. The van der Waals surface area contributed by atoms with Crippen LogP contribution in [-0.2, 0) is 21.2 Å². The van der Waals surface area contributed by atoms with Crippen LogP contribution < -0.4 is 9.64 Å². The fourth-order valence-electron chi connectivity index (χ4n) is 3.60. The highest BCUT2D eigenvalue weighted by Gasteiger charge is 2.22. The zero-order chi connectivity index (χ0) is 24.8. The van der Waals surface area contributed by atoms with Crippen LogP contribution in [-0.4, -0.2) is 31.7 Å². The van der Waals surface area contributed by atoms with Crippen LogP contribution in [0.5, 0.6) is 5.75 Å². The molecule has 0 bridgehead atoms. The first kappa shape index (κ1) is 24.8. The van der Waals surface area contributed by atoms with Crippen molar-refractivity contribution >= 4 is 42.4 Å². The van der Waals surface area contributed by atoms with Gasteiger partial charge < -0.3 is 4.74 Å². The zero-order valence-corrected chi connectivity index (χ0v) is 20.8. The van der Waals surface area contributed by atoms with Crippen molar-refractivity contribution in [3.8, 4) is 5.75 Å². The Bertz CT molecular complexity index is 1400. The highest BCUT2D eigenvalue weighted by atomic mass is 32.2. The summed E-state index contributed by atoms with van der Waals surface area (Å²) in [5.74, 6) is -0.185. The van der Waals surface area contributed by atoms with E-state index in [1.54, 1.807) is 4.90 Å². The normalized spacial score (nSPS) is 11.5. The van der Waals surface area contributed by atoms with Crippen molar-refractivity contribution in [2.75, 3.05) is 17.3 Å². The Hall–Kier alpha value is -3.30. The Morgan fingerprint density at radius 3 is 2.51 bits per heavy atom. The number of fused-ring (bicyclic) bond motifs is 1. The average Bonchev–Trinajstić information content (AvgIpc) is 3.26. The van der Waals surface area contributed by atoms with Crippen molar-refractivity contribution in [2.24, 2.45) is 0 Å². The van der Waals surface area contributed by atoms with Gasteiger partial charge in [0.05, 0.1) is 34.0 Å². The largest absolute Gasteiger partial charge is 0.494 e. The van der Waals surface area contributed by atoms with Gasteiger partial charge in [-0.1, -0.05) is 41.7 Å². The molecule has 0 fully saturated rings. The lowest BCUT2D eigenvalue weighted by molar-refractivity contribution is -0.118. The molecule has 0 spiro atoms. The number of carbonyl (C=O) groups is 1. The molecule has 182 valence electrons. The summed E-state index contributed by atoms with van der Waals surface area (Å²) in [5, 5.41) is 0.545. The maximum absolute atomic E-state index is 13.3. The minimum Gasteiger partial charge on any atom is -0.494 e. The number of hydrogen-bond donors (Lipinski definition) is 0. The van der Waals surface area contributed by atoms with Gasteiger partial charge >= 0.3 is 0 Å². The standard InChI is InChI=1S/C26H25FN2O4S2/c1-2-33-21-12-15-23-24(17-21)34-26(28-23)29(18-19-7-4-3-5-8-19)25(30)9-6-16-35(31,32)22-13-10-20(27)11-14-22/h3-5,7-8,10-15,17H,2,6,9,16,18H2,1H3. The van der Waals surface area contributed by atoms with Gasteiger partial charge in [0.15, 0.2) is 15.0 Å². The molecule has 1 amide bonds. The molecule has 0 aliphatic rings. The molecule has 0 N–H and O–H groups in total. The summed E-state index contributed by atoms with van der Waals surface area (Å²) in [6.45, 7) is 2.79. The van der Waals surface area contributed by atoms with Gasteiger partial charge in [0.25, 0.3) is 0 Å². The molecule has 4 rings (SSSR count). The average molecular weight is 513 g/mol.